The molecule has 1 N–H and O–H groups in total. The third kappa shape index (κ3) is 3.71. The van der Waals surface area contributed by atoms with Crippen molar-refractivity contribution in [1.29, 1.82) is 0 Å². The predicted molar refractivity (Wildman–Crippen MR) is 93.6 cm³/mol. The van der Waals surface area contributed by atoms with Gasteiger partial charge >= 0.3 is 0 Å². The molecule has 0 saturated heterocycles. The average Bonchev–Trinajstić information content (AvgIpc) is 2.52. The van der Waals surface area contributed by atoms with Crippen molar-refractivity contribution in [3.8, 4) is 0 Å². The van der Waals surface area contributed by atoms with Gasteiger partial charge in [-0.3, -0.25) is 4.79 Å². The number of hydrogen-bond donors (Lipinski definition) is 1. The number of carbonyl (C=O) groups is 1. The minimum Gasteiger partial charge on any atom is -0.344 e. The summed E-state index contributed by atoms with van der Waals surface area (Å²) in [4.78, 5) is 12.4. The maximum atomic E-state index is 12.4. The second kappa shape index (κ2) is 6.99. The number of amides is 1. The van der Waals surface area contributed by atoms with Crippen molar-refractivity contribution in [2.75, 3.05) is 11.8 Å². The Hall–Kier alpha value is -0.770. The largest absolute Gasteiger partial charge is 0.344 e. The van der Waals surface area contributed by atoms with Crippen LogP contribution < -0.4 is 5.32 Å². The maximum Gasteiger partial charge on any atom is 0.251 e. The quantitative estimate of drug-likeness (QED) is 0.720. The molecule has 2 nitrogen and oxygen atoms in total. The van der Waals surface area contributed by atoms with E-state index in [0.29, 0.717) is 23.7 Å². The Labute approximate surface area is 142 Å². The normalized spacial score (nSPS) is 11.6. The number of nitrogens with one attached hydrogen (secondary N) is 1. The lowest BCUT2D eigenvalue weighted by Gasteiger charge is -2.29. The van der Waals surface area contributed by atoms with Gasteiger partial charge in [-0.2, -0.15) is 0 Å². The molecule has 112 valence electrons. The van der Waals surface area contributed by atoms with E-state index < -0.39 is 5.54 Å². The highest BCUT2D eigenvalue weighted by atomic mass is 79.9. The number of benzene rings is 2. The standard InChI is InChI=1S/C16H16BrCl2NO/c1-2-16(9-18,10-19)20-15(21)13-4-3-12-8-14(17)6-5-11(12)7-13/h3-8H,2,9-10H2,1H3,(H,20,21). The number of rotatable bonds is 5. The van der Waals surface area contributed by atoms with Gasteiger partial charge in [0.2, 0.25) is 0 Å². The molecule has 0 heterocycles. The Bertz CT molecular complexity index is 648. The van der Waals surface area contributed by atoms with Crippen LogP contribution in [0.1, 0.15) is 23.7 Å². The molecule has 2 aromatic rings. The van der Waals surface area contributed by atoms with Crippen LogP contribution in [0.4, 0.5) is 0 Å². The summed E-state index contributed by atoms with van der Waals surface area (Å²) in [6.45, 7) is 1.96. The van der Waals surface area contributed by atoms with Gasteiger partial charge in [0.05, 0.1) is 5.54 Å². The monoisotopic (exact) mass is 387 g/mol. The van der Waals surface area contributed by atoms with Gasteiger partial charge in [-0.25, -0.2) is 0 Å². The van der Waals surface area contributed by atoms with Crippen LogP contribution in [0.25, 0.3) is 10.8 Å². The molecule has 0 radical (unpaired) electrons. The molecule has 0 aromatic heterocycles. The van der Waals surface area contributed by atoms with Crippen molar-refractivity contribution in [3.05, 3.63) is 46.4 Å². The molecular weight excluding hydrogens is 373 g/mol. The zero-order valence-corrected chi connectivity index (χ0v) is 14.7. The van der Waals surface area contributed by atoms with E-state index in [4.69, 9.17) is 23.2 Å². The lowest BCUT2D eigenvalue weighted by Crippen LogP contribution is -2.51. The number of alkyl halides is 2. The lowest BCUT2D eigenvalue weighted by molar-refractivity contribution is 0.0913. The second-order valence-corrected chi connectivity index (χ2v) is 6.51. The molecular formula is C16H16BrCl2NO. The summed E-state index contributed by atoms with van der Waals surface area (Å²) in [5.74, 6) is 0.432. The molecule has 1 amide bonds. The summed E-state index contributed by atoms with van der Waals surface area (Å²) in [5, 5.41) is 5.06. The molecule has 2 rings (SSSR count). The zero-order valence-electron chi connectivity index (χ0n) is 11.6. The van der Waals surface area contributed by atoms with Crippen LogP contribution in [0, 0.1) is 0 Å². The van der Waals surface area contributed by atoms with Crippen LogP contribution in [0.2, 0.25) is 0 Å². The van der Waals surface area contributed by atoms with Crippen LogP contribution >= 0.6 is 39.1 Å². The van der Waals surface area contributed by atoms with Gasteiger partial charge < -0.3 is 5.32 Å². The summed E-state index contributed by atoms with van der Waals surface area (Å²) in [6, 6.07) is 11.6. The first-order valence-corrected chi connectivity index (χ1v) is 8.53. The predicted octanol–water partition coefficient (Wildman–Crippen LogP) is 4.96. The van der Waals surface area contributed by atoms with E-state index in [1.54, 1.807) is 0 Å². The van der Waals surface area contributed by atoms with E-state index >= 15 is 0 Å². The Morgan fingerprint density at radius 2 is 1.76 bits per heavy atom. The smallest absolute Gasteiger partial charge is 0.251 e. The fraction of sp³-hybridized carbons (Fsp3) is 0.312. The molecule has 0 aliphatic rings. The van der Waals surface area contributed by atoms with Crippen LogP contribution in [0.5, 0.6) is 0 Å². The third-order valence-corrected chi connectivity index (χ3v) is 5.15. The van der Waals surface area contributed by atoms with E-state index in [1.165, 1.54) is 0 Å². The molecule has 0 fully saturated rings. The molecule has 0 spiro atoms. The van der Waals surface area contributed by atoms with Gasteiger partial charge in [0.1, 0.15) is 0 Å². The molecule has 2 aromatic carbocycles. The number of carbonyl (C=O) groups excluding carboxylic acids is 1. The SMILES string of the molecule is CCC(CCl)(CCl)NC(=O)c1ccc2cc(Br)ccc2c1. The number of halogens is 3. The summed E-state index contributed by atoms with van der Waals surface area (Å²) < 4.78 is 1.02. The minimum absolute atomic E-state index is 0.150. The van der Waals surface area contributed by atoms with E-state index in [9.17, 15) is 4.79 Å². The first-order chi connectivity index (χ1) is 10.0. The first kappa shape index (κ1) is 16.6. The third-order valence-electron chi connectivity index (χ3n) is 3.63. The molecule has 0 saturated carbocycles. The molecule has 0 atom stereocenters. The van der Waals surface area contributed by atoms with E-state index in [1.807, 2.05) is 43.3 Å². The topological polar surface area (TPSA) is 29.1 Å². The highest BCUT2D eigenvalue weighted by molar-refractivity contribution is 9.10. The lowest BCUT2D eigenvalue weighted by atomic mass is 10.00. The van der Waals surface area contributed by atoms with Crippen molar-refractivity contribution in [1.82, 2.24) is 5.32 Å². The molecule has 21 heavy (non-hydrogen) atoms. The molecule has 5 heteroatoms. The number of fused-ring (bicyclic) bond motifs is 1. The van der Waals surface area contributed by atoms with Crippen molar-refractivity contribution in [2.45, 2.75) is 18.9 Å². The fourth-order valence-corrected chi connectivity index (χ4v) is 3.23. The number of hydrogen-bond acceptors (Lipinski definition) is 1. The average molecular weight is 389 g/mol. The molecule has 0 aliphatic heterocycles. The highest BCUT2D eigenvalue weighted by Gasteiger charge is 2.28. The Kier molecular flexibility index (Phi) is 5.53. The van der Waals surface area contributed by atoms with Gasteiger partial charge in [-0.05, 0) is 41.5 Å². The molecule has 0 bridgehead atoms. The summed E-state index contributed by atoms with van der Waals surface area (Å²) in [7, 11) is 0. The Balaban J connectivity index is 2.29. The van der Waals surface area contributed by atoms with Crippen LogP contribution in [-0.2, 0) is 0 Å². The van der Waals surface area contributed by atoms with Crippen LogP contribution in [0.3, 0.4) is 0 Å². The molecule has 0 aliphatic carbocycles. The Morgan fingerprint density at radius 1 is 1.14 bits per heavy atom. The van der Waals surface area contributed by atoms with Crippen molar-refractivity contribution in [2.24, 2.45) is 0 Å². The summed E-state index contributed by atoms with van der Waals surface area (Å²) in [6.07, 6.45) is 0.687. The fourth-order valence-electron chi connectivity index (χ4n) is 2.05. The van der Waals surface area contributed by atoms with Gasteiger partial charge in [0.15, 0.2) is 0 Å². The van der Waals surface area contributed by atoms with Gasteiger partial charge in [-0.15, -0.1) is 23.2 Å². The highest BCUT2D eigenvalue weighted by Crippen LogP contribution is 2.22. The zero-order chi connectivity index (χ0) is 15.5. The summed E-state index contributed by atoms with van der Waals surface area (Å²) >= 11 is 15.4. The van der Waals surface area contributed by atoms with E-state index in [2.05, 4.69) is 21.2 Å². The van der Waals surface area contributed by atoms with Gasteiger partial charge in [-0.1, -0.05) is 35.0 Å². The summed E-state index contributed by atoms with van der Waals surface area (Å²) in [5.41, 5.74) is 0.0485. The van der Waals surface area contributed by atoms with Crippen molar-refractivity contribution < 1.29 is 4.79 Å². The van der Waals surface area contributed by atoms with E-state index in [-0.39, 0.29) is 5.91 Å². The Morgan fingerprint density at radius 3 is 2.38 bits per heavy atom. The van der Waals surface area contributed by atoms with E-state index in [0.717, 1.165) is 15.2 Å². The maximum absolute atomic E-state index is 12.4. The minimum atomic E-state index is -0.561. The van der Waals surface area contributed by atoms with Crippen LogP contribution in [0.15, 0.2) is 40.9 Å². The van der Waals surface area contributed by atoms with Gasteiger partial charge in [0, 0.05) is 21.8 Å². The second-order valence-electron chi connectivity index (χ2n) is 5.06. The van der Waals surface area contributed by atoms with Crippen molar-refractivity contribution >= 4 is 55.8 Å². The molecule has 0 unspecified atom stereocenters. The van der Waals surface area contributed by atoms with Crippen LogP contribution in [-0.4, -0.2) is 23.2 Å². The van der Waals surface area contributed by atoms with Gasteiger partial charge in [0.25, 0.3) is 5.91 Å². The first-order valence-electron chi connectivity index (χ1n) is 6.67. The van der Waals surface area contributed by atoms with Crippen molar-refractivity contribution in [3.63, 3.8) is 0 Å².